The Kier molecular flexibility index (Phi) is 4.97. The number of carbonyl (C=O) groups is 1. The van der Waals surface area contributed by atoms with Crippen molar-refractivity contribution in [1.29, 1.82) is 0 Å². The molecule has 0 spiro atoms. The molecule has 2 aliphatic rings. The SMILES string of the molecule is O=C1c2c(O)c(=O)cnn2N2CN1C/C=C\CCc1cc(F)ccc1C2c1ccccc1. The quantitative estimate of drug-likeness (QED) is 0.599. The third kappa shape index (κ3) is 3.33. The Bertz CT molecular complexity index is 1270. The lowest BCUT2D eigenvalue weighted by atomic mass is 9.91. The van der Waals surface area contributed by atoms with Gasteiger partial charge in [-0.25, -0.2) is 4.39 Å². The average Bonchev–Trinajstić information content (AvgIpc) is 2.82. The maximum atomic E-state index is 14.2. The van der Waals surface area contributed by atoms with Crippen molar-refractivity contribution in [3.8, 4) is 5.75 Å². The van der Waals surface area contributed by atoms with E-state index in [0.717, 1.165) is 22.9 Å². The topological polar surface area (TPSA) is 78.7 Å². The molecule has 0 fully saturated rings. The molecule has 3 heterocycles. The molecule has 162 valence electrons. The number of benzene rings is 2. The van der Waals surface area contributed by atoms with Gasteiger partial charge in [-0.15, -0.1) is 0 Å². The number of allylic oxidation sites excluding steroid dienone is 1. The van der Waals surface area contributed by atoms with E-state index in [4.69, 9.17) is 0 Å². The lowest BCUT2D eigenvalue weighted by Gasteiger charge is -2.42. The number of fused-ring (bicyclic) bond motifs is 5. The molecule has 1 N–H and O–H groups in total. The lowest BCUT2D eigenvalue weighted by molar-refractivity contribution is 0.0690. The Hall–Kier alpha value is -3.94. The summed E-state index contributed by atoms with van der Waals surface area (Å²) >= 11 is 0. The molecule has 1 aromatic heterocycles. The van der Waals surface area contributed by atoms with Crippen molar-refractivity contribution < 1.29 is 14.3 Å². The van der Waals surface area contributed by atoms with Gasteiger partial charge in [0.1, 0.15) is 18.7 Å². The van der Waals surface area contributed by atoms with E-state index in [-0.39, 0.29) is 18.2 Å². The van der Waals surface area contributed by atoms with Crippen LogP contribution in [-0.2, 0) is 6.42 Å². The minimum absolute atomic E-state index is 0.169. The van der Waals surface area contributed by atoms with Gasteiger partial charge >= 0.3 is 0 Å². The molecule has 1 amide bonds. The Morgan fingerprint density at radius 1 is 1.06 bits per heavy atom. The molecule has 0 aliphatic carbocycles. The summed E-state index contributed by atoms with van der Waals surface area (Å²) in [7, 11) is 0. The lowest BCUT2D eigenvalue weighted by Crippen LogP contribution is -2.56. The van der Waals surface area contributed by atoms with Crippen molar-refractivity contribution in [2.45, 2.75) is 18.9 Å². The van der Waals surface area contributed by atoms with Crippen LogP contribution in [0.1, 0.15) is 39.6 Å². The zero-order chi connectivity index (χ0) is 22.2. The van der Waals surface area contributed by atoms with Gasteiger partial charge in [0.2, 0.25) is 5.43 Å². The largest absolute Gasteiger partial charge is 0.502 e. The number of carbonyl (C=O) groups excluding carboxylic acids is 1. The number of aryl methyl sites for hydroxylation is 1. The average molecular weight is 432 g/mol. The third-order valence-corrected chi connectivity index (χ3v) is 5.88. The number of halogens is 1. The van der Waals surface area contributed by atoms with Gasteiger partial charge in [0.25, 0.3) is 5.91 Å². The first-order chi connectivity index (χ1) is 15.5. The standard InChI is InChI=1S/C24H21FN4O3/c25-18-10-11-19-17(13-18)9-5-2-6-12-27-15-28(21(19)16-7-3-1-4-8-16)29-22(24(27)32)23(31)20(30)14-26-29/h1-4,6-8,10-11,13-14,21,31H,5,9,12,15H2/b6-2-. The van der Waals surface area contributed by atoms with E-state index >= 15 is 0 Å². The Labute approximate surface area is 183 Å². The van der Waals surface area contributed by atoms with E-state index < -0.39 is 23.1 Å². The smallest absolute Gasteiger partial charge is 0.280 e. The summed E-state index contributed by atoms with van der Waals surface area (Å²) in [6.45, 7) is 0.478. The van der Waals surface area contributed by atoms with Gasteiger partial charge in [-0.2, -0.15) is 9.89 Å². The van der Waals surface area contributed by atoms with Gasteiger partial charge < -0.3 is 10.0 Å². The van der Waals surface area contributed by atoms with Crippen LogP contribution in [0.4, 0.5) is 4.39 Å². The number of nitrogens with zero attached hydrogens (tertiary/aromatic N) is 4. The molecule has 1 atom stereocenters. The molecular weight excluding hydrogens is 411 g/mol. The predicted molar refractivity (Wildman–Crippen MR) is 116 cm³/mol. The number of amides is 1. The first-order valence-corrected chi connectivity index (χ1v) is 10.4. The molecule has 1 unspecified atom stereocenters. The monoisotopic (exact) mass is 432 g/mol. The van der Waals surface area contributed by atoms with Crippen LogP contribution in [0.15, 0.2) is 71.7 Å². The second-order valence-electron chi connectivity index (χ2n) is 7.87. The van der Waals surface area contributed by atoms with Crippen molar-refractivity contribution >= 4 is 5.91 Å². The maximum Gasteiger partial charge on any atom is 0.280 e. The molecule has 3 aromatic rings. The highest BCUT2D eigenvalue weighted by molar-refractivity contribution is 5.96. The summed E-state index contributed by atoms with van der Waals surface area (Å²) in [4.78, 5) is 28.1. The van der Waals surface area contributed by atoms with Crippen LogP contribution in [0.25, 0.3) is 0 Å². The Balaban J connectivity index is 1.80. The Morgan fingerprint density at radius 3 is 2.69 bits per heavy atom. The van der Waals surface area contributed by atoms with E-state index in [1.807, 2.05) is 47.5 Å². The van der Waals surface area contributed by atoms with Crippen LogP contribution in [0.5, 0.6) is 5.75 Å². The predicted octanol–water partition coefficient (Wildman–Crippen LogP) is 2.73. The maximum absolute atomic E-state index is 14.2. The fourth-order valence-electron chi connectivity index (χ4n) is 4.36. The zero-order valence-electron chi connectivity index (χ0n) is 17.2. The fourth-order valence-corrected chi connectivity index (χ4v) is 4.36. The molecule has 2 bridgehead atoms. The molecular formula is C24H21FN4O3. The van der Waals surface area contributed by atoms with Gasteiger partial charge in [-0.3, -0.25) is 14.6 Å². The first kappa shape index (κ1) is 20.0. The molecule has 8 heteroatoms. The molecule has 0 saturated heterocycles. The van der Waals surface area contributed by atoms with Crippen LogP contribution >= 0.6 is 0 Å². The minimum Gasteiger partial charge on any atom is -0.502 e. The van der Waals surface area contributed by atoms with E-state index in [0.29, 0.717) is 19.4 Å². The highest BCUT2D eigenvalue weighted by Gasteiger charge is 2.37. The normalized spacial score (nSPS) is 19.0. The molecule has 0 radical (unpaired) electrons. The van der Waals surface area contributed by atoms with E-state index in [2.05, 4.69) is 5.10 Å². The van der Waals surface area contributed by atoms with Gasteiger partial charge in [0.05, 0.1) is 6.04 Å². The summed E-state index contributed by atoms with van der Waals surface area (Å²) in [6.07, 6.45) is 6.15. The summed E-state index contributed by atoms with van der Waals surface area (Å²) < 4.78 is 14.2. The summed E-state index contributed by atoms with van der Waals surface area (Å²) in [5.74, 6) is -1.42. The number of rotatable bonds is 1. The van der Waals surface area contributed by atoms with Gasteiger partial charge in [-0.1, -0.05) is 48.6 Å². The summed E-state index contributed by atoms with van der Waals surface area (Å²) in [6, 6.07) is 13.9. The number of aromatic hydroxyl groups is 1. The summed E-state index contributed by atoms with van der Waals surface area (Å²) in [5.41, 5.74) is 1.73. The Morgan fingerprint density at radius 2 is 1.88 bits per heavy atom. The second-order valence-corrected chi connectivity index (χ2v) is 7.87. The fraction of sp³-hybridized carbons (Fsp3) is 0.208. The van der Waals surface area contributed by atoms with Crippen molar-refractivity contribution in [3.05, 3.63) is 105 Å². The van der Waals surface area contributed by atoms with Crippen molar-refractivity contribution in [2.75, 3.05) is 18.2 Å². The van der Waals surface area contributed by atoms with Crippen LogP contribution in [0, 0.1) is 5.82 Å². The van der Waals surface area contributed by atoms with Crippen LogP contribution in [0.2, 0.25) is 0 Å². The van der Waals surface area contributed by atoms with Crippen molar-refractivity contribution in [1.82, 2.24) is 14.8 Å². The number of aromatic nitrogens is 2. The van der Waals surface area contributed by atoms with E-state index in [1.165, 1.54) is 10.9 Å². The van der Waals surface area contributed by atoms with Crippen molar-refractivity contribution in [3.63, 3.8) is 0 Å². The molecule has 5 rings (SSSR count). The highest BCUT2D eigenvalue weighted by Crippen LogP contribution is 2.34. The zero-order valence-corrected chi connectivity index (χ0v) is 17.2. The first-order valence-electron chi connectivity index (χ1n) is 10.4. The van der Waals surface area contributed by atoms with Crippen LogP contribution in [0.3, 0.4) is 0 Å². The van der Waals surface area contributed by atoms with E-state index in [1.54, 1.807) is 17.0 Å². The summed E-state index contributed by atoms with van der Waals surface area (Å²) in [5, 5.41) is 16.5. The number of hydrogen-bond donors (Lipinski definition) is 1. The van der Waals surface area contributed by atoms with Gasteiger partial charge in [0, 0.05) is 6.54 Å². The second kappa shape index (κ2) is 7.96. The van der Waals surface area contributed by atoms with Gasteiger partial charge in [0.15, 0.2) is 11.4 Å². The molecule has 2 aromatic carbocycles. The molecule has 0 saturated carbocycles. The minimum atomic E-state index is -0.718. The van der Waals surface area contributed by atoms with Gasteiger partial charge in [-0.05, 0) is 41.7 Å². The van der Waals surface area contributed by atoms with E-state index in [9.17, 15) is 19.1 Å². The van der Waals surface area contributed by atoms with Crippen LogP contribution < -0.4 is 10.4 Å². The molecule has 2 aliphatic heterocycles. The molecule has 32 heavy (non-hydrogen) atoms. The number of hydrogen-bond acceptors (Lipinski definition) is 5. The molecule has 7 nitrogen and oxygen atoms in total. The van der Waals surface area contributed by atoms with Crippen molar-refractivity contribution in [2.24, 2.45) is 0 Å². The highest BCUT2D eigenvalue weighted by atomic mass is 19.1. The van der Waals surface area contributed by atoms with Crippen LogP contribution in [-0.4, -0.2) is 39.0 Å². The third-order valence-electron chi connectivity index (χ3n) is 5.88.